The van der Waals surface area contributed by atoms with Crippen LogP contribution in [0.2, 0.25) is 0 Å². The molecule has 2 aromatic carbocycles. The highest BCUT2D eigenvalue weighted by atomic mass is 32.1. The van der Waals surface area contributed by atoms with Crippen LogP contribution in [0.3, 0.4) is 0 Å². The molecule has 2 amide bonds. The minimum absolute atomic E-state index is 0.00590. The first-order valence-corrected chi connectivity index (χ1v) is 10.9. The maximum atomic E-state index is 13.5. The van der Waals surface area contributed by atoms with Gasteiger partial charge in [-0.3, -0.25) is 19.4 Å². The van der Waals surface area contributed by atoms with Gasteiger partial charge in [0.1, 0.15) is 11.3 Å². The Morgan fingerprint density at radius 2 is 1.28 bits per heavy atom. The van der Waals surface area contributed by atoms with Crippen LogP contribution < -0.4 is 14.7 Å². The number of rotatable bonds is 4. The summed E-state index contributed by atoms with van der Waals surface area (Å²) in [7, 11) is 0. The molecule has 0 aliphatic carbocycles. The normalized spacial score (nSPS) is 16.8. The number of amides is 2. The molecule has 2 aliphatic heterocycles. The van der Waals surface area contributed by atoms with E-state index in [4.69, 9.17) is 16.6 Å². The molecule has 0 unspecified atom stereocenters. The number of benzene rings is 2. The second-order valence-corrected chi connectivity index (χ2v) is 8.03. The van der Waals surface area contributed by atoms with E-state index in [0.29, 0.717) is 17.1 Å². The van der Waals surface area contributed by atoms with Crippen molar-refractivity contribution in [1.82, 2.24) is 0 Å². The molecule has 3 heterocycles. The van der Waals surface area contributed by atoms with Gasteiger partial charge in [-0.1, -0.05) is 36.4 Å². The lowest BCUT2D eigenvalue weighted by Crippen LogP contribution is -2.56. The summed E-state index contributed by atoms with van der Waals surface area (Å²) in [6, 6.07) is 21.9. The molecule has 0 N–H and O–H groups in total. The van der Waals surface area contributed by atoms with Crippen LogP contribution >= 0.6 is 12.2 Å². The van der Waals surface area contributed by atoms with Gasteiger partial charge in [0, 0.05) is 19.2 Å². The molecule has 2 fully saturated rings. The molecule has 160 valence electrons. The molecule has 1 aromatic heterocycles. The smallest absolute Gasteiger partial charge is 0.270 e. The van der Waals surface area contributed by atoms with Gasteiger partial charge in [-0.25, -0.2) is 0 Å². The van der Waals surface area contributed by atoms with Crippen LogP contribution in [0.15, 0.2) is 82.8 Å². The number of para-hydroxylation sites is 2. The second-order valence-electron chi connectivity index (χ2n) is 7.66. The molecule has 6 nitrogen and oxygen atoms in total. The van der Waals surface area contributed by atoms with Crippen LogP contribution in [0.5, 0.6) is 0 Å². The quantitative estimate of drug-likeness (QED) is 0.334. The number of hydrogen-bond donors (Lipinski definition) is 0. The van der Waals surface area contributed by atoms with Gasteiger partial charge in [-0.2, -0.15) is 0 Å². The van der Waals surface area contributed by atoms with Gasteiger partial charge < -0.3 is 9.32 Å². The Bertz CT molecular complexity index is 1130. The van der Waals surface area contributed by atoms with Gasteiger partial charge in [-0.05, 0) is 61.5 Å². The third-order valence-corrected chi connectivity index (χ3v) is 5.96. The monoisotopic (exact) mass is 443 g/mol. The maximum Gasteiger partial charge on any atom is 0.270 e. The number of furan rings is 1. The van der Waals surface area contributed by atoms with Crippen molar-refractivity contribution in [3.05, 3.63) is 84.1 Å². The molecule has 2 saturated heterocycles. The van der Waals surface area contributed by atoms with E-state index < -0.39 is 11.8 Å². The highest BCUT2D eigenvalue weighted by Gasteiger charge is 2.41. The van der Waals surface area contributed by atoms with Gasteiger partial charge >= 0.3 is 0 Å². The van der Waals surface area contributed by atoms with Crippen molar-refractivity contribution in [3.63, 3.8) is 0 Å². The first kappa shape index (κ1) is 20.2. The van der Waals surface area contributed by atoms with Crippen LogP contribution in [-0.2, 0) is 9.59 Å². The number of carbonyl (C=O) groups is 2. The lowest BCUT2D eigenvalue weighted by Gasteiger charge is -2.36. The third-order valence-electron chi connectivity index (χ3n) is 5.60. The van der Waals surface area contributed by atoms with Crippen molar-refractivity contribution in [1.29, 1.82) is 0 Å². The summed E-state index contributed by atoms with van der Waals surface area (Å²) < 4.78 is 5.95. The Morgan fingerprint density at radius 3 is 1.81 bits per heavy atom. The fourth-order valence-electron chi connectivity index (χ4n) is 4.01. The van der Waals surface area contributed by atoms with Crippen molar-refractivity contribution in [2.45, 2.75) is 12.8 Å². The van der Waals surface area contributed by atoms with E-state index in [-0.39, 0.29) is 10.7 Å². The predicted molar refractivity (Wildman–Crippen MR) is 129 cm³/mol. The summed E-state index contributed by atoms with van der Waals surface area (Å²) in [4.78, 5) is 31.9. The van der Waals surface area contributed by atoms with Crippen molar-refractivity contribution < 1.29 is 14.0 Å². The Hall–Kier alpha value is -3.71. The second kappa shape index (κ2) is 8.43. The lowest BCUT2D eigenvalue weighted by atomic mass is 10.1. The number of carbonyl (C=O) groups excluding carboxylic acids is 2. The van der Waals surface area contributed by atoms with Gasteiger partial charge in [0.15, 0.2) is 11.0 Å². The number of hydrogen-bond acceptors (Lipinski definition) is 5. The highest BCUT2D eigenvalue weighted by molar-refractivity contribution is 7.81. The third kappa shape index (κ3) is 3.61. The first-order chi connectivity index (χ1) is 15.6. The zero-order valence-corrected chi connectivity index (χ0v) is 18.1. The summed E-state index contributed by atoms with van der Waals surface area (Å²) in [5.74, 6) is 0.257. The summed E-state index contributed by atoms with van der Waals surface area (Å²) in [5, 5.41) is 0.117. The molecule has 0 radical (unpaired) electrons. The van der Waals surface area contributed by atoms with E-state index in [1.165, 1.54) is 15.9 Å². The Kier molecular flexibility index (Phi) is 5.33. The molecule has 32 heavy (non-hydrogen) atoms. The fraction of sp³-hybridized carbons (Fsp3) is 0.160. The molecule has 2 aliphatic rings. The largest absolute Gasteiger partial charge is 0.441 e. The van der Waals surface area contributed by atoms with Crippen LogP contribution in [0, 0.1) is 0 Å². The predicted octanol–water partition coefficient (Wildman–Crippen LogP) is 4.63. The van der Waals surface area contributed by atoms with Gasteiger partial charge in [-0.15, -0.1) is 0 Å². The minimum Gasteiger partial charge on any atom is -0.441 e. The van der Waals surface area contributed by atoms with Crippen LogP contribution in [-0.4, -0.2) is 30.0 Å². The molecule has 0 spiro atoms. The van der Waals surface area contributed by atoms with Crippen molar-refractivity contribution >= 4 is 52.5 Å². The van der Waals surface area contributed by atoms with Gasteiger partial charge in [0.25, 0.3) is 11.8 Å². The topological polar surface area (TPSA) is 57.0 Å². The minimum atomic E-state index is -0.475. The Morgan fingerprint density at radius 1 is 0.750 bits per heavy atom. The Balaban J connectivity index is 1.57. The fourth-order valence-corrected chi connectivity index (χ4v) is 4.39. The average Bonchev–Trinajstić information content (AvgIpc) is 3.50. The molecule has 0 atom stereocenters. The van der Waals surface area contributed by atoms with E-state index in [0.717, 1.165) is 31.8 Å². The highest BCUT2D eigenvalue weighted by Crippen LogP contribution is 2.31. The number of thiocarbonyl (C=S) groups is 1. The Labute approximate surface area is 191 Å². The van der Waals surface area contributed by atoms with Crippen LogP contribution in [0.1, 0.15) is 18.6 Å². The zero-order chi connectivity index (χ0) is 22.1. The van der Waals surface area contributed by atoms with Crippen molar-refractivity contribution in [3.8, 4) is 0 Å². The van der Waals surface area contributed by atoms with Crippen molar-refractivity contribution in [2.75, 3.05) is 27.8 Å². The van der Waals surface area contributed by atoms with Crippen LogP contribution in [0.25, 0.3) is 6.08 Å². The number of anilines is 3. The summed E-state index contributed by atoms with van der Waals surface area (Å²) in [6.45, 7) is 1.89. The molecule has 7 heteroatoms. The first-order valence-electron chi connectivity index (χ1n) is 10.5. The van der Waals surface area contributed by atoms with E-state index in [2.05, 4.69) is 4.90 Å². The van der Waals surface area contributed by atoms with E-state index in [9.17, 15) is 9.59 Å². The van der Waals surface area contributed by atoms with Gasteiger partial charge in [0.2, 0.25) is 0 Å². The molecular formula is C25H21N3O3S. The van der Waals surface area contributed by atoms with Crippen molar-refractivity contribution in [2.24, 2.45) is 0 Å². The molecule has 0 saturated carbocycles. The molecule has 5 rings (SSSR count). The van der Waals surface area contributed by atoms with E-state index >= 15 is 0 Å². The SMILES string of the molecule is O=C1C(=Cc2ccc(N3CCCC3)o2)C(=O)N(c2ccccc2)C(=S)N1c1ccccc1. The molecule has 3 aromatic rings. The van der Waals surface area contributed by atoms with Crippen LogP contribution in [0.4, 0.5) is 17.3 Å². The van der Waals surface area contributed by atoms with E-state index in [1.54, 1.807) is 30.3 Å². The maximum absolute atomic E-state index is 13.5. The average molecular weight is 444 g/mol. The zero-order valence-electron chi connectivity index (χ0n) is 17.3. The standard InChI is InChI=1S/C25H21N3O3S/c29-23-21(17-20-13-14-22(31-20)26-15-7-8-16-26)24(30)28(19-11-5-2-6-12-19)25(32)27(23)18-9-3-1-4-10-18/h1-6,9-14,17H,7-8,15-16H2. The summed E-state index contributed by atoms with van der Waals surface area (Å²) in [5.41, 5.74) is 1.19. The van der Waals surface area contributed by atoms with Gasteiger partial charge in [0.05, 0.1) is 11.4 Å². The summed E-state index contributed by atoms with van der Waals surface area (Å²) in [6.07, 6.45) is 3.77. The molecular weight excluding hydrogens is 422 g/mol. The summed E-state index contributed by atoms with van der Waals surface area (Å²) >= 11 is 5.61. The van der Waals surface area contributed by atoms with E-state index in [1.807, 2.05) is 42.5 Å². The molecule has 0 bridgehead atoms. The number of nitrogens with zero attached hydrogens (tertiary/aromatic N) is 3. The lowest BCUT2D eigenvalue weighted by molar-refractivity contribution is -0.120.